The summed E-state index contributed by atoms with van der Waals surface area (Å²) in [6.07, 6.45) is 2.12. The molecule has 1 fully saturated rings. The number of rotatable bonds is 4. The lowest BCUT2D eigenvalue weighted by Crippen LogP contribution is -2.53. The van der Waals surface area contributed by atoms with Crippen molar-refractivity contribution in [1.29, 1.82) is 0 Å². The first-order valence-corrected chi connectivity index (χ1v) is 8.72. The maximum absolute atomic E-state index is 12.6. The van der Waals surface area contributed by atoms with Gasteiger partial charge in [-0.15, -0.1) is 0 Å². The third-order valence-corrected chi connectivity index (χ3v) is 5.44. The van der Waals surface area contributed by atoms with Crippen LogP contribution in [0.1, 0.15) is 35.7 Å². The SMILES string of the molecule is C[C@H](NC(=O)c1ccccc1)C1(c2ccccc2)CCN(C)CC1. The fraction of sp³-hybridized carbons (Fsp3) is 0.381. The molecule has 0 radical (unpaired) electrons. The van der Waals surface area contributed by atoms with Gasteiger partial charge in [-0.3, -0.25) is 4.79 Å². The van der Waals surface area contributed by atoms with E-state index in [0.29, 0.717) is 0 Å². The van der Waals surface area contributed by atoms with Gasteiger partial charge in [-0.05, 0) is 57.6 Å². The molecule has 1 aliphatic heterocycles. The van der Waals surface area contributed by atoms with Crippen LogP contribution >= 0.6 is 0 Å². The molecule has 0 aromatic heterocycles. The van der Waals surface area contributed by atoms with Crippen LogP contribution in [0.3, 0.4) is 0 Å². The summed E-state index contributed by atoms with van der Waals surface area (Å²) in [5.74, 6) is 0.0114. The zero-order valence-corrected chi connectivity index (χ0v) is 14.5. The summed E-state index contributed by atoms with van der Waals surface area (Å²) in [4.78, 5) is 15.0. The highest BCUT2D eigenvalue weighted by molar-refractivity contribution is 5.94. The lowest BCUT2D eigenvalue weighted by molar-refractivity contribution is 0.0882. The molecule has 0 aliphatic carbocycles. The van der Waals surface area contributed by atoms with Crippen molar-refractivity contribution in [2.24, 2.45) is 0 Å². The Labute approximate surface area is 144 Å². The quantitative estimate of drug-likeness (QED) is 0.935. The molecule has 1 amide bonds. The van der Waals surface area contributed by atoms with E-state index in [9.17, 15) is 4.79 Å². The lowest BCUT2D eigenvalue weighted by Gasteiger charge is -2.45. The minimum absolute atomic E-state index is 0.00178. The van der Waals surface area contributed by atoms with Gasteiger partial charge in [0, 0.05) is 17.0 Å². The highest BCUT2D eigenvalue weighted by atomic mass is 16.1. The van der Waals surface area contributed by atoms with Crippen LogP contribution in [-0.4, -0.2) is 37.0 Å². The van der Waals surface area contributed by atoms with Crippen molar-refractivity contribution in [1.82, 2.24) is 10.2 Å². The van der Waals surface area contributed by atoms with Crippen molar-refractivity contribution in [3.05, 3.63) is 71.8 Å². The normalized spacial score (nSPS) is 18.8. The summed E-state index contributed by atoms with van der Waals surface area (Å²) < 4.78 is 0. The average Bonchev–Trinajstić information content (AvgIpc) is 2.64. The van der Waals surface area contributed by atoms with Crippen LogP contribution in [0, 0.1) is 0 Å². The molecule has 0 bridgehead atoms. The summed E-state index contributed by atoms with van der Waals surface area (Å²) in [6, 6.07) is 20.2. The Kier molecular flexibility index (Phi) is 5.00. The second-order valence-electron chi connectivity index (χ2n) is 6.89. The molecule has 1 saturated heterocycles. The van der Waals surface area contributed by atoms with E-state index in [4.69, 9.17) is 0 Å². The first kappa shape index (κ1) is 16.7. The molecule has 0 spiro atoms. The van der Waals surface area contributed by atoms with Crippen molar-refractivity contribution >= 4 is 5.91 Å². The van der Waals surface area contributed by atoms with E-state index in [2.05, 4.69) is 54.5 Å². The van der Waals surface area contributed by atoms with Crippen molar-refractivity contribution in [3.8, 4) is 0 Å². The van der Waals surface area contributed by atoms with E-state index in [1.807, 2.05) is 30.3 Å². The number of nitrogens with one attached hydrogen (secondary N) is 1. The van der Waals surface area contributed by atoms with Gasteiger partial charge in [0.15, 0.2) is 0 Å². The molecule has 24 heavy (non-hydrogen) atoms. The van der Waals surface area contributed by atoms with Crippen molar-refractivity contribution in [2.45, 2.75) is 31.2 Å². The van der Waals surface area contributed by atoms with E-state index in [0.717, 1.165) is 31.5 Å². The zero-order chi connectivity index (χ0) is 17.0. The van der Waals surface area contributed by atoms with Gasteiger partial charge in [0.25, 0.3) is 5.91 Å². The Balaban J connectivity index is 1.84. The van der Waals surface area contributed by atoms with Crippen molar-refractivity contribution < 1.29 is 4.79 Å². The third-order valence-electron chi connectivity index (χ3n) is 5.44. The summed E-state index contributed by atoms with van der Waals surface area (Å²) in [7, 11) is 2.17. The maximum atomic E-state index is 12.6. The smallest absolute Gasteiger partial charge is 0.251 e. The molecule has 0 saturated carbocycles. The van der Waals surface area contributed by atoms with Gasteiger partial charge in [-0.2, -0.15) is 0 Å². The Bertz CT molecular complexity index is 661. The predicted octanol–water partition coefficient (Wildman–Crippen LogP) is 3.47. The molecule has 3 nitrogen and oxygen atoms in total. The van der Waals surface area contributed by atoms with Crippen LogP contribution in [0.25, 0.3) is 0 Å². The minimum Gasteiger partial charge on any atom is -0.349 e. The average molecular weight is 322 g/mol. The molecule has 1 heterocycles. The second kappa shape index (κ2) is 7.18. The molecule has 3 rings (SSSR count). The standard InChI is InChI=1S/C21H26N2O/c1-17(22-20(24)18-9-5-3-6-10-18)21(13-15-23(2)16-14-21)19-11-7-4-8-12-19/h3-12,17H,13-16H2,1-2H3,(H,22,24)/t17-/m0/s1. The minimum atomic E-state index is -0.00178. The number of piperidine rings is 1. The van der Waals surface area contributed by atoms with Gasteiger partial charge >= 0.3 is 0 Å². The zero-order valence-electron chi connectivity index (χ0n) is 14.5. The van der Waals surface area contributed by atoms with Crippen LogP contribution in [-0.2, 0) is 5.41 Å². The van der Waals surface area contributed by atoms with E-state index in [1.54, 1.807) is 0 Å². The van der Waals surface area contributed by atoms with E-state index < -0.39 is 0 Å². The van der Waals surface area contributed by atoms with E-state index >= 15 is 0 Å². The number of carbonyl (C=O) groups excluding carboxylic acids is 1. The van der Waals surface area contributed by atoms with Crippen LogP contribution < -0.4 is 5.32 Å². The van der Waals surface area contributed by atoms with Crippen LogP contribution in [0.4, 0.5) is 0 Å². The number of likely N-dealkylation sites (tertiary alicyclic amines) is 1. The number of hydrogen-bond donors (Lipinski definition) is 1. The molecule has 1 aliphatic rings. The summed E-state index contributed by atoms with van der Waals surface area (Å²) >= 11 is 0. The van der Waals surface area contributed by atoms with Gasteiger partial charge < -0.3 is 10.2 Å². The van der Waals surface area contributed by atoms with Gasteiger partial charge in [0.05, 0.1) is 0 Å². The van der Waals surface area contributed by atoms with Crippen LogP contribution in [0.5, 0.6) is 0 Å². The van der Waals surface area contributed by atoms with Gasteiger partial charge in [-0.1, -0.05) is 48.5 Å². The number of nitrogens with zero attached hydrogens (tertiary/aromatic N) is 1. The fourth-order valence-corrected chi connectivity index (χ4v) is 3.77. The number of benzene rings is 2. The first-order chi connectivity index (χ1) is 11.6. The predicted molar refractivity (Wildman–Crippen MR) is 98.2 cm³/mol. The number of hydrogen-bond acceptors (Lipinski definition) is 2. The number of amides is 1. The molecular formula is C21H26N2O. The Hall–Kier alpha value is -2.13. The molecule has 1 atom stereocenters. The summed E-state index contributed by atoms with van der Waals surface area (Å²) in [5.41, 5.74) is 2.05. The summed E-state index contributed by atoms with van der Waals surface area (Å²) in [6.45, 7) is 4.26. The largest absolute Gasteiger partial charge is 0.349 e. The highest BCUT2D eigenvalue weighted by Gasteiger charge is 2.40. The first-order valence-electron chi connectivity index (χ1n) is 8.72. The molecule has 1 N–H and O–H groups in total. The molecule has 2 aromatic rings. The van der Waals surface area contributed by atoms with Gasteiger partial charge in [0.1, 0.15) is 0 Å². The molecule has 2 aromatic carbocycles. The Morgan fingerprint density at radius 1 is 1.00 bits per heavy atom. The van der Waals surface area contributed by atoms with Crippen molar-refractivity contribution in [2.75, 3.05) is 20.1 Å². The fourth-order valence-electron chi connectivity index (χ4n) is 3.77. The summed E-state index contributed by atoms with van der Waals surface area (Å²) in [5, 5.41) is 3.26. The van der Waals surface area contributed by atoms with Gasteiger partial charge in [-0.25, -0.2) is 0 Å². The molecule has 126 valence electrons. The van der Waals surface area contributed by atoms with E-state index in [-0.39, 0.29) is 17.4 Å². The van der Waals surface area contributed by atoms with Gasteiger partial charge in [0.2, 0.25) is 0 Å². The van der Waals surface area contributed by atoms with Crippen molar-refractivity contribution in [3.63, 3.8) is 0 Å². The Morgan fingerprint density at radius 2 is 1.54 bits per heavy atom. The molecular weight excluding hydrogens is 296 g/mol. The number of carbonyl (C=O) groups is 1. The monoisotopic (exact) mass is 322 g/mol. The topological polar surface area (TPSA) is 32.3 Å². The van der Waals surface area contributed by atoms with E-state index in [1.165, 1.54) is 5.56 Å². The molecule has 3 heteroatoms. The van der Waals surface area contributed by atoms with Crippen LogP contribution in [0.15, 0.2) is 60.7 Å². The highest BCUT2D eigenvalue weighted by Crippen LogP contribution is 2.38. The Morgan fingerprint density at radius 3 is 2.12 bits per heavy atom. The third kappa shape index (κ3) is 3.36. The maximum Gasteiger partial charge on any atom is 0.251 e. The van der Waals surface area contributed by atoms with Crippen LogP contribution in [0.2, 0.25) is 0 Å². The molecule has 0 unspecified atom stereocenters. The second-order valence-corrected chi connectivity index (χ2v) is 6.89. The lowest BCUT2D eigenvalue weighted by atomic mass is 9.68.